The fraction of sp³-hybridized carbons (Fsp3) is 0.143. The van der Waals surface area contributed by atoms with E-state index in [2.05, 4.69) is 0 Å². The van der Waals surface area contributed by atoms with Gasteiger partial charge in [0.15, 0.2) is 10.8 Å². The number of nitrogen functional groups attached to an aromatic ring is 1. The van der Waals surface area contributed by atoms with Crippen LogP contribution in [0.2, 0.25) is 0 Å². The topological polar surface area (TPSA) is 43.1 Å². The van der Waals surface area contributed by atoms with Crippen molar-refractivity contribution in [3.05, 3.63) is 24.0 Å². The molecule has 1 aromatic carbocycles. The SMILES string of the molecule is Nc1ccc(F)cc1S(=O)C(F)(F)F. The Balaban J connectivity index is 3.19. The molecule has 0 saturated carbocycles. The molecule has 0 radical (unpaired) electrons. The van der Waals surface area contributed by atoms with Crippen molar-refractivity contribution in [3.8, 4) is 0 Å². The van der Waals surface area contributed by atoms with Crippen LogP contribution >= 0.6 is 0 Å². The van der Waals surface area contributed by atoms with Crippen molar-refractivity contribution in [1.82, 2.24) is 0 Å². The third-order valence-electron chi connectivity index (χ3n) is 1.39. The zero-order valence-corrected chi connectivity index (χ0v) is 7.45. The minimum absolute atomic E-state index is 0.345. The lowest BCUT2D eigenvalue weighted by molar-refractivity contribution is -0.0384. The highest BCUT2D eigenvalue weighted by Crippen LogP contribution is 2.29. The van der Waals surface area contributed by atoms with Gasteiger partial charge in [-0.3, -0.25) is 0 Å². The van der Waals surface area contributed by atoms with E-state index < -0.39 is 27.0 Å². The Bertz CT molecular complexity index is 376. The normalized spacial score (nSPS) is 14.0. The van der Waals surface area contributed by atoms with E-state index in [0.29, 0.717) is 6.07 Å². The Kier molecular flexibility index (Phi) is 2.79. The van der Waals surface area contributed by atoms with Crippen LogP contribution in [0.5, 0.6) is 0 Å². The van der Waals surface area contributed by atoms with Gasteiger partial charge in [0.25, 0.3) is 0 Å². The van der Waals surface area contributed by atoms with Crippen LogP contribution in [0.3, 0.4) is 0 Å². The van der Waals surface area contributed by atoms with Gasteiger partial charge in [-0.15, -0.1) is 0 Å². The molecule has 1 rings (SSSR count). The minimum Gasteiger partial charge on any atom is -0.398 e. The molecule has 0 aromatic heterocycles. The largest absolute Gasteiger partial charge is 0.475 e. The van der Waals surface area contributed by atoms with Crippen molar-refractivity contribution in [2.24, 2.45) is 0 Å². The molecule has 0 fully saturated rings. The van der Waals surface area contributed by atoms with Crippen LogP contribution in [0.15, 0.2) is 23.1 Å². The zero-order valence-electron chi connectivity index (χ0n) is 6.64. The first-order valence-corrected chi connectivity index (χ1v) is 4.51. The Hall–Kier alpha value is -1.11. The Morgan fingerprint density at radius 3 is 2.36 bits per heavy atom. The highest BCUT2D eigenvalue weighted by Gasteiger charge is 2.39. The summed E-state index contributed by atoms with van der Waals surface area (Å²) in [4.78, 5) is -0.752. The Morgan fingerprint density at radius 2 is 1.86 bits per heavy atom. The highest BCUT2D eigenvalue weighted by molar-refractivity contribution is 7.86. The molecule has 2 nitrogen and oxygen atoms in total. The minimum atomic E-state index is -4.93. The van der Waals surface area contributed by atoms with Gasteiger partial charge in [-0.05, 0) is 18.2 Å². The lowest BCUT2D eigenvalue weighted by Crippen LogP contribution is -2.17. The predicted molar refractivity (Wildman–Crippen MR) is 43.3 cm³/mol. The van der Waals surface area contributed by atoms with Gasteiger partial charge in [-0.2, -0.15) is 13.2 Å². The maximum absolute atomic E-state index is 12.5. The second kappa shape index (κ2) is 3.56. The molecule has 2 N–H and O–H groups in total. The summed E-state index contributed by atoms with van der Waals surface area (Å²) < 4.78 is 59.2. The maximum Gasteiger partial charge on any atom is 0.475 e. The summed E-state index contributed by atoms with van der Waals surface area (Å²) >= 11 is 0. The average molecular weight is 227 g/mol. The third-order valence-corrected chi connectivity index (χ3v) is 2.56. The van der Waals surface area contributed by atoms with Crippen molar-refractivity contribution in [2.45, 2.75) is 10.4 Å². The number of benzene rings is 1. The van der Waals surface area contributed by atoms with Crippen molar-refractivity contribution in [2.75, 3.05) is 5.73 Å². The van der Waals surface area contributed by atoms with Gasteiger partial charge in [0.1, 0.15) is 5.82 Å². The van der Waals surface area contributed by atoms with Crippen LogP contribution in [0.1, 0.15) is 0 Å². The van der Waals surface area contributed by atoms with E-state index in [1.54, 1.807) is 0 Å². The monoisotopic (exact) mass is 227 g/mol. The van der Waals surface area contributed by atoms with Gasteiger partial charge >= 0.3 is 5.51 Å². The Labute approximate surface area is 79.2 Å². The molecule has 7 heteroatoms. The smallest absolute Gasteiger partial charge is 0.398 e. The van der Waals surface area contributed by atoms with E-state index in [9.17, 15) is 21.8 Å². The molecule has 14 heavy (non-hydrogen) atoms. The van der Waals surface area contributed by atoms with Crippen molar-refractivity contribution in [1.29, 1.82) is 0 Å². The number of alkyl halides is 3. The second-order valence-corrected chi connectivity index (χ2v) is 3.84. The molecule has 78 valence electrons. The predicted octanol–water partition coefficient (Wildman–Crippen LogP) is 2.04. The number of hydrogen-bond donors (Lipinski definition) is 1. The number of anilines is 1. The molecule has 1 unspecified atom stereocenters. The van der Waals surface area contributed by atoms with Gasteiger partial charge in [-0.25, -0.2) is 8.60 Å². The molecule has 0 spiro atoms. The first-order valence-electron chi connectivity index (χ1n) is 3.36. The molecule has 0 aliphatic heterocycles. The summed E-state index contributed by atoms with van der Waals surface area (Å²) in [5, 5.41) is 0. The quantitative estimate of drug-likeness (QED) is 0.589. The number of halogens is 4. The molecule has 1 aromatic rings. The first-order chi connectivity index (χ1) is 6.32. The third kappa shape index (κ3) is 2.22. The first kappa shape index (κ1) is 11.0. The summed E-state index contributed by atoms with van der Waals surface area (Å²) in [7, 11) is -3.29. The van der Waals surface area contributed by atoms with Crippen LogP contribution in [0.4, 0.5) is 23.2 Å². The van der Waals surface area contributed by atoms with E-state index in [0.717, 1.165) is 12.1 Å². The van der Waals surface area contributed by atoms with Gasteiger partial charge < -0.3 is 5.73 Å². The number of rotatable bonds is 1. The summed E-state index contributed by atoms with van der Waals surface area (Å²) in [6, 6.07) is 2.35. The van der Waals surface area contributed by atoms with E-state index in [4.69, 9.17) is 5.73 Å². The van der Waals surface area contributed by atoms with Crippen LogP contribution in [0.25, 0.3) is 0 Å². The molecule has 0 saturated heterocycles. The maximum atomic E-state index is 12.5. The van der Waals surface area contributed by atoms with Gasteiger partial charge in [-0.1, -0.05) is 0 Å². The standard InChI is InChI=1S/C7H5F4NOS/c8-4-1-2-5(12)6(3-4)14(13)7(9,10)11/h1-3H,12H2. The van der Waals surface area contributed by atoms with Crippen LogP contribution in [-0.2, 0) is 10.8 Å². The Morgan fingerprint density at radius 1 is 1.29 bits per heavy atom. The van der Waals surface area contributed by atoms with Crippen molar-refractivity contribution < 1.29 is 21.8 Å². The lowest BCUT2D eigenvalue weighted by Gasteiger charge is -2.08. The van der Waals surface area contributed by atoms with Gasteiger partial charge in [0.2, 0.25) is 0 Å². The molecule has 0 amide bonds. The van der Waals surface area contributed by atoms with E-state index in [-0.39, 0.29) is 5.69 Å². The summed E-state index contributed by atoms with van der Waals surface area (Å²) in [5.41, 5.74) is -0.147. The molecule has 0 bridgehead atoms. The van der Waals surface area contributed by atoms with E-state index in [1.807, 2.05) is 0 Å². The van der Waals surface area contributed by atoms with Crippen LogP contribution < -0.4 is 5.73 Å². The second-order valence-electron chi connectivity index (χ2n) is 2.40. The molecule has 1 atom stereocenters. The van der Waals surface area contributed by atoms with Crippen LogP contribution in [-0.4, -0.2) is 9.72 Å². The van der Waals surface area contributed by atoms with Gasteiger partial charge in [0, 0.05) is 5.69 Å². The summed E-state index contributed by atoms with van der Waals surface area (Å²) in [5.74, 6) is -0.910. The zero-order chi connectivity index (χ0) is 10.9. The lowest BCUT2D eigenvalue weighted by atomic mass is 10.3. The fourth-order valence-electron chi connectivity index (χ4n) is 0.793. The average Bonchev–Trinajstić information content (AvgIpc) is 2.06. The summed E-state index contributed by atoms with van der Waals surface area (Å²) in [6.07, 6.45) is 0. The number of nitrogens with two attached hydrogens (primary N) is 1. The van der Waals surface area contributed by atoms with E-state index >= 15 is 0 Å². The molecule has 0 aliphatic carbocycles. The highest BCUT2D eigenvalue weighted by atomic mass is 32.2. The molecular formula is C7H5F4NOS. The molecular weight excluding hydrogens is 222 g/mol. The molecule has 0 aliphatic rings. The fourth-order valence-corrected chi connectivity index (χ4v) is 1.54. The van der Waals surface area contributed by atoms with Gasteiger partial charge in [0.05, 0.1) is 4.90 Å². The van der Waals surface area contributed by atoms with Crippen molar-refractivity contribution >= 4 is 16.5 Å². The number of hydrogen-bond acceptors (Lipinski definition) is 2. The van der Waals surface area contributed by atoms with Crippen molar-refractivity contribution in [3.63, 3.8) is 0 Å². The van der Waals surface area contributed by atoms with E-state index in [1.165, 1.54) is 0 Å². The van der Waals surface area contributed by atoms with Crippen LogP contribution in [0, 0.1) is 5.82 Å². The summed E-state index contributed by atoms with van der Waals surface area (Å²) in [6.45, 7) is 0. The molecule has 0 heterocycles.